The van der Waals surface area contributed by atoms with Crippen LogP contribution in [0.1, 0.15) is 6.92 Å². The number of carbonyl (C=O) groups excluding carboxylic acids is 1. The molecule has 0 atom stereocenters. The molecule has 3 aromatic heterocycles. The van der Waals surface area contributed by atoms with Gasteiger partial charge in [0.05, 0.1) is 11.1 Å². The number of rotatable bonds is 4. The molecule has 0 saturated carbocycles. The highest BCUT2D eigenvalue weighted by Crippen LogP contribution is 2.42. The average Bonchev–Trinajstić information content (AvgIpc) is 3.13. The van der Waals surface area contributed by atoms with Gasteiger partial charge < -0.3 is 15.6 Å². The Morgan fingerprint density at radius 1 is 1.03 bits per heavy atom. The van der Waals surface area contributed by atoms with E-state index in [9.17, 15) is 4.79 Å². The summed E-state index contributed by atoms with van der Waals surface area (Å²) in [5.74, 6) is 0.221. The molecule has 0 unspecified atom stereocenters. The highest BCUT2D eigenvalue weighted by Gasteiger charge is 2.22. The van der Waals surface area contributed by atoms with Crippen molar-refractivity contribution in [2.75, 3.05) is 11.1 Å². The third-order valence-electron chi connectivity index (χ3n) is 5.73. The van der Waals surface area contributed by atoms with Crippen LogP contribution in [0.5, 0.6) is 0 Å². The minimum Gasteiger partial charge on any atom is -0.383 e. The molecule has 0 radical (unpaired) electrons. The van der Waals surface area contributed by atoms with E-state index in [4.69, 9.17) is 5.73 Å². The Bertz CT molecular complexity index is 1550. The molecule has 3 N–H and O–H groups in total. The zero-order valence-electron chi connectivity index (χ0n) is 18.3. The zero-order chi connectivity index (χ0) is 23.1. The molecule has 0 bridgehead atoms. The van der Waals surface area contributed by atoms with E-state index in [0.29, 0.717) is 17.1 Å². The van der Waals surface area contributed by atoms with Gasteiger partial charge in [-0.05, 0) is 47.7 Å². The van der Waals surface area contributed by atoms with Crippen molar-refractivity contribution in [3.05, 3.63) is 79.4 Å². The number of hydrogen-bond donors (Lipinski definition) is 2. The summed E-state index contributed by atoms with van der Waals surface area (Å²) in [6.45, 7) is 5.36. The number of nitrogen functional groups attached to an aromatic ring is 1. The largest absolute Gasteiger partial charge is 0.383 e. The molecule has 0 spiro atoms. The van der Waals surface area contributed by atoms with Crippen LogP contribution in [0, 0.1) is 0 Å². The number of benzene rings is 2. The molecule has 7 heteroatoms. The van der Waals surface area contributed by atoms with Crippen LogP contribution in [-0.2, 0) is 11.8 Å². The molecule has 0 aliphatic rings. The van der Waals surface area contributed by atoms with Crippen molar-refractivity contribution in [3.63, 3.8) is 0 Å². The minimum absolute atomic E-state index is 0.207. The van der Waals surface area contributed by atoms with Crippen LogP contribution in [0.25, 0.3) is 44.2 Å². The van der Waals surface area contributed by atoms with Gasteiger partial charge in [-0.25, -0.2) is 9.97 Å². The number of nitrogens with one attached hydrogen (secondary N) is 1. The molecule has 2 aromatic carbocycles. The topological polar surface area (TPSA) is 98.7 Å². The van der Waals surface area contributed by atoms with Crippen molar-refractivity contribution in [1.29, 1.82) is 0 Å². The number of pyridine rings is 1. The number of amides is 1. The van der Waals surface area contributed by atoms with Gasteiger partial charge in [0.2, 0.25) is 0 Å². The third-order valence-corrected chi connectivity index (χ3v) is 5.73. The molecule has 5 rings (SSSR count). The van der Waals surface area contributed by atoms with Crippen LogP contribution < -0.4 is 11.1 Å². The summed E-state index contributed by atoms with van der Waals surface area (Å²) in [6.07, 6.45) is 5.11. The molecule has 162 valence electrons. The first-order chi connectivity index (χ1) is 15.9. The lowest BCUT2D eigenvalue weighted by Crippen LogP contribution is -2.11. The Hall–Kier alpha value is -4.52. The zero-order valence-corrected chi connectivity index (χ0v) is 18.3. The van der Waals surface area contributed by atoms with E-state index in [1.807, 2.05) is 48.1 Å². The summed E-state index contributed by atoms with van der Waals surface area (Å²) in [5, 5.41) is 5.79. The maximum Gasteiger partial charge on any atom is 0.250 e. The fraction of sp³-hybridized carbons (Fsp3) is 0.0769. The molecule has 5 aromatic rings. The third kappa shape index (κ3) is 3.49. The van der Waals surface area contributed by atoms with Crippen LogP contribution in [0.3, 0.4) is 0 Å². The lowest BCUT2D eigenvalue weighted by Gasteiger charge is -2.11. The Kier molecular flexibility index (Phi) is 4.86. The first-order valence-corrected chi connectivity index (χ1v) is 10.4. The van der Waals surface area contributed by atoms with Gasteiger partial charge >= 0.3 is 0 Å². The van der Waals surface area contributed by atoms with E-state index in [0.717, 1.165) is 44.2 Å². The van der Waals surface area contributed by atoms with Crippen molar-refractivity contribution in [3.8, 4) is 22.4 Å². The molecular weight excluding hydrogens is 412 g/mol. The number of carbonyl (C=O) groups is 1. The summed E-state index contributed by atoms with van der Waals surface area (Å²) in [6, 6.07) is 15.9. The van der Waals surface area contributed by atoms with Crippen LogP contribution in [0.15, 0.2) is 79.4 Å². The molecule has 7 nitrogen and oxygen atoms in total. The van der Waals surface area contributed by atoms with Gasteiger partial charge in [-0.1, -0.05) is 30.8 Å². The lowest BCUT2D eigenvalue weighted by atomic mass is 9.97. The van der Waals surface area contributed by atoms with E-state index >= 15 is 0 Å². The van der Waals surface area contributed by atoms with Crippen molar-refractivity contribution in [2.24, 2.45) is 7.05 Å². The smallest absolute Gasteiger partial charge is 0.250 e. The predicted octanol–water partition coefficient (Wildman–Crippen LogP) is 4.95. The van der Waals surface area contributed by atoms with Crippen molar-refractivity contribution >= 4 is 39.2 Å². The lowest BCUT2D eigenvalue weighted by molar-refractivity contribution is -0.112. The summed E-state index contributed by atoms with van der Waals surface area (Å²) in [7, 11) is 1.97. The van der Waals surface area contributed by atoms with E-state index in [-0.39, 0.29) is 5.91 Å². The Balaban J connectivity index is 1.72. The number of aromatic nitrogens is 4. The minimum atomic E-state index is -0.207. The quantitative estimate of drug-likeness (QED) is 0.390. The molecule has 0 aliphatic heterocycles. The van der Waals surface area contributed by atoms with Gasteiger partial charge in [-0.2, -0.15) is 0 Å². The second kappa shape index (κ2) is 7.87. The van der Waals surface area contributed by atoms with Crippen LogP contribution in [0.2, 0.25) is 0 Å². The Labute approximate surface area is 190 Å². The van der Waals surface area contributed by atoms with E-state index in [1.54, 1.807) is 13.1 Å². The standard InChI is InChI=1S/C26H22N6O/c1-15(2)26(33)31-20-8-6-16(7-9-20)23-21(22-24(27)29-14-30-25(22)32(23)3)18-4-5-19-13-28-11-10-17(19)12-18/h4-14H,1H2,2-3H3,(H,31,33)(H2,27,29,30). The number of nitrogens with zero attached hydrogens (tertiary/aromatic N) is 4. The van der Waals surface area contributed by atoms with E-state index in [2.05, 4.69) is 45.0 Å². The first kappa shape index (κ1) is 20.4. The summed E-state index contributed by atoms with van der Waals surface area (Å²) < 4.78 is 2.03. The number of fused-ring (bicyclic) bond motifs is 2. The molecule has 33 heavy (non-hydrogen) atoms. The SMILES string of the molecule is C=C(C)C(=O)Nc1ccc(-c2c(-c3ccc4cnccc4c3)c3c(N)ncnc3n2C)cc1. The van der Waals surface area contributed by atoms with Gasteiger partial charge in [-0.15, -0.1) is 0 Å². The van der Waals surface area contributed by atoms with E-state index < -0.39 is 0 Å². The highest BCUT2D eigenvalue weighted by atomic mass is 16.1. The second-order valence-electron chi connectivity index (χ2n) is 7.99. The van der Waals surface area contributed by atoms with Crippen LogP contribution in [0.4, 0.5) is 11.5 Å². The van der Waals surface area contributed by atoms with E-state index in [1.165, 1.54) is 6.33 Å². The van der Waals surface area contributed by atoms with Gasteiger partial charge in [0.15, 0.2) is 0 Å². The Morgan fingerprint density at radius 3 is 2.55 bits per heavy atom. The van der Waals surface area contributed by atoms with Gasteiger partial charge in [0, 0.05) is 41.7 Å². The Morgan fingerprint density at radius 2 is 1.79 bits per heavy atom. The molecule has 0 aliphatic carbocycles. The molecule has 3 heterocycles. The first-order valence-electron chi connectivity index (χ1n) is 10.4. The highest BCUT2D eigenvalue weighted by molar-refractivity contribution is 6.09. The fourth-order valence-electron chi connectivity index (χ4n) is 4.08. The number of aryl methyl sites for hydroxylation is 1. The van der Waals surface area contributed by atoms with Gasteiger partial charge in [0.1, 0.15) is 17.8 Å². The fourth-order valence-corrected chi connectivity index (χ4v) is 4.08. The van der Waals surface area contributed by atoms with Crippen molar-refractivity contribution in [2.45, 2.75) is 6.92 Å². The number of nitrogens with two attached hydrogens (primary N) is 1. The average molecular weight is 435 g/mol. The molecule has 1 amide bonds. The van der Waals surface area contributed by atoms with Gasteiger partial charge in [-0.3, -0.25) is 9.78 Å². The molecule has 0 fully saturated rings. The second-order valence-corrected chi connectivity index (χ2v) is 7.99. The van der Waals surface area contributed by atoms with Gasteiger partial charge in [0.25, 0.3) is 5.91 Å². The maximum atomic E-state index is 12.0. The van der Waals surface area contributed by atoms with Crippen LogP contribution in [-0.4, -0.2) is 25.4 Å². The maximum absolute atomic E-state index is 12.0. The number of anilines is 2. The molecular formula is C26H22N6O. The summed E-state index contributed by atoms with van der Waals surface area (Å²) in [4.78, 5) is 24.9. The monoisotopic (exact) mass is 434 g/mol. The van der Waals surface area contributed by atoms with Crippen molar-refractivity contribution < 1.29 is 4.79 Å². The molecule has 0 saturated heterocycles. The summed E-state index contributed by atoms with van der Waals surface area (Å²) in [5.41, 5.74) is 12.1. The normalized spacial score (nSPS) is 11.1. The predicted molar refractivity (Wildman–Crippen MR) is 133 cm³/mol. The summed E-state index contributed by atoms with van der Waals surface area (Å²) >= 11 is 0. The van der Waals surface area contributed by atoms with Crippen molar-refractivity contribution in [1.82, 2.24) is 19.5 Å². The number of hydrogen-bond acceptors (Lipinski definition) is 5. The van der Waals surface area contributed by atoms with Crippen LogP contribution >= 0.6 is 0 Å².